The molecule has 1 amide bonds. The van der Waals surface area contributed by atoms with Gasteiger partial charge in [-0.05, 0) is 23.3 Å². The molecule has 1 aliphatic heterocycles. The van der Waals surface area contributed by atoms with Crippen molar-refractivity contribution in [1.82, 2.24) is 5.32 Å². The van der Waals surface area contributed by atoms with Crippen molar-refractivity contribution in [2.24, 2.45) is 0 Å². The molecule has 1 heterocycles. The second kappa shape index (κ2) is 6.29. The summed E-state index contributed by atoms with van der Waals surface area (Å²) in [5.41, 5.74) is 2.01. The fraction of sp³-hybridized carbons (Fsp3) is 0.188. The van der Waals surface area contributed by atoms with Gasteiger partial charge in [-0.1, -0.05) is 42.5 Å². The molecule has 2 aromatic carbocycles. The Morgan fingerprint density at radius 2 is 1.78 bits per heavy atom. The van der Waals surface area contributed by atoms with Gasteiger partial charge in [-0.3, -0.25) is 4.72 Å². The molecule has 6 nitrogen and oxygen atoms in total. The van der Waals surface area contributed by atoms with E-state index in [2.05, 4.69) is 10.0 Å². The zero-order valence-corrected chi connectivity index (χ0v) is 13.0. The first kappa shape index (κ1) is 15.4. The molecule has 0 spiro atoms. The summed E-state index contributed by atoms with van der Waals surface area (Å²) in [6.45, 7) is 0.415. The van der Waals surface area contributed by atoms with E-state index in [9.17, 15) is 13.2 Å². The molecule has 2 aromatic rings. The van der Waals surface area contributed by atoms with Gasteiger partial charge in [-0.15, -0.1) is 0 Å². The van der Waals surface area contributed by atoms with Crippen molar-refractivity contribution < 1.29 is 17.9 Å². The number of carbonyl (C=O) groups excluding carboxylic acids is 1. The van der Waals surface area contributed by atoms with Crippen LogP contribution in [0.4, 0.5) is 10.5 Å². The van der Waals surface area contributed by atoms with Crippen molar-refractivity contribution in [3.63, 3.8) is 0 Å². The molecule has 1 fully saturated rings. The summed E-state index contributed by atoms with van der Waals surface area (Å²) < 4.78 is 31.9. The van der Waals surface area contributed by atoms with E-state index in [1.807, 2.05) is 6.07 Å². The fourth-order valence-electron chi connectivity index (χ4n) is 2.35. The third-order valence-electron chi connectivity index (χ3n) is 3.44. The highest BCUT2D eigenvalue weighted by Crippen LogP contribution is 2.23. The topological polar surface area (TPSA) is 84.5 Å². The number of carbonyl (C=O) groups is 1. The monoisotopic (exact) mass is 332 g/mol. The lowest BCUT2D eigenvalue weighted by atomic mass is 10.1. The highest BCUT2D eigenvalue weighted by Gasteiger charge is 2.24. The van der Waals surface area contributed by atoms with Crippen LogP contribution in [-0.4, -0.2) is 21.1 Å². The van der Waals surface area contributed by atoms with Crippen molar-refractivity contribution in [2.45, 2.75) is 11.9 Å². The lowest BCUT2D eigenvalue weighted by Gasteiger charge is -2.11. The van der Waals surface area contributed by atoms with E-state index in [-0.39, 0.29) is 11.9 Å². The average Bonchev–Trinajstić information content (AvgIpc) is 2.95. The van der Waals surface area contributed by atoms with Crippen LogP contribution in [0.5, 0.6) is 0 Å². The van der Waals surface area contributed by atoms with Crippen LogP contribution in [0.2, 0.25) is 0 Å². The van der Waals surface area contributed by atoms with Gasteiger partial charge < -0.3 is 10.1 Å². The van der Waals surface area contributed by atoms with E-state index < -0.39 is 16.1 Å². The van der Waals surface area contributed by atoms with E-state index in [1.165, 1.54) is 0 Å². The smallest absolute Gasteiger partial charge is 0.407 e. The molecule has 0 aliphatic carbocycles. The second-order valence-electron chi connectivity index (χ2n) is 5.24. The Morgan fingerprint density at radius 1 is 1.09 bits per heavy atom. The number of ether oxygens (including phenoxy) is 1. The molecule has 1 aliphatic rings. The minimum absolute atomic E-state index is 0.0836. The molecule has 7 heteroatoms. The molecule has 120 valence electrons. The van der Waals surface area contributed by atoms with Crippen molar-refractivity contribution in [2.75, 3.05) is 11.3 Å². The zero-order valence-electron chi connectivity index (χ0n) is 12.2. The number of cyclic esters (lactones) is 1. The highest BCUT2D eigenvalue weighted by atomic mass is 32.2. The van der Waals surface area contributed by atoms with Crippen LogP contribution in [0.25, 0.3) is 0 Å². The van der Waals surface area contributed by atoms with E-state index in [1.54, 1.807) is 48.5 Å². The standard InChI is InChI=1S/C16H16N2O4S/c19-16-17-10-15(22-16)13-6-8-14(9-7-13)18-23(20,21)11-12-4-2-1-3-5-12/h1-9,15,18H,10-11H2,(H,17,19). The molecule has 1 saturated heterocycles. The predicted molar refractivity (Wildman–Crippen MR) is 86.4 cm³/mol. The third-order valence-corrected chi connectivity index (χ3v) is 4.70. The van der Waals surface area contributed by atoms with Crippen LogP contribution < -0.4 is 10.0 Å². The fourth-order valence-corrected chi connectivity index (χ4v) is 3.55. The molecule has 0 saturated carbocycles. The molecular formula is C16H16N2O4S. The first-order valence-corrected chi connectivity index (χ1v) is 8.76. The Kier molecular flexibility index (Phi) is 4.20. The number of nitrogens with one attached hydrogen (secondary N) is 2. The van der Waals surface area contributed by atoms with E-state index >= 15 is 0 Å². The van der Waals surface area contributed by atoms with E-state index in [0.29, 0.717) is 12.2 Å². The van der Waals surface area contributed by atoms with E-state index in [0.717, 1.165) is 11.1 Å². The van der Waals surface area contributed by atoms with Crippen molar-refractivity contribution in [3.8, 4) is 0 Å². The Balaban J connectivity index is 1.67. The van der Waals surface area contributed by atoms with Crippen LogP contribution in [0.1, 0.15) is 17.2 Å². The summed E-state index contributed by atoms with van der Waals surface area (Å²) in [4.78, 5) is 11.0. The number of benzene rings is 2. The minimum atomic E-state index is -3.48. The maximum Gasteiger partial charge on any atom is 0.407 e. The van der Waals surface area contributed by atoms with Crippen LogP contribution in [-0.2, 0) is 20.5 Å². The third kappa shape index (κ3) is 4.01. The second-order valence-corrected chi connectivity index (χ2v) is 6.97. The summed E-state index contributed by atoms with van der Waals surface area (Å²) >= 11 is 0. The molecule has 0 aromatic heterocycles. The summed E-state index contributed by atoms with van der Waals surface area (Å²) in [6.07, 6.45) is -0.778. The lowest BCUT2D eigenvalue weighted by Crippen LogP contribution is -2.15. The van der Waals surface area contributed by atoms with E-state index in [4.69, 9.17) is 4.74 Å². The first-order valence-electron chi connectivity index (χ1n) is 7.11. The first-order chi connectivity index (χ1) is 11.0. The molecule has 1 atom stereocenters. The Bertz CT molecular complexity index is 789. The summed E-state index contributed by atoms with van der Waals surface area (Å²) in [7, 11) is -3.48. The molecule has 2 N–H and O–H groups in total. The van der Waals surface area contributed by atoms with Gasteiger partial charge in [0.25, 0.3) is 0 Å². The Morgan fingerprint density at radius 3 is 2.39 bits per heavy atom. The summed E-state index contributed by atoms with van der Waals surface area (Å²) in [6, 6.07) is 15.8. The maximum atomic E-state index is 12.2. The van der Waals surface area contributed by atoms with Crippen LogP contribution in [0.3, 0.4) is 0 Å². The number of sulfonamides is 1. The molecule has 0 radical (unpaired) electrons. The molecule has 1 unspecified atom stereocenters. The summed E-state index contributed by atoms with van der Waals surface area (Å²) in [5.74, 6) is -0.0836. The average molecular weight is 332 g/mol. The number of alkyl carbamates (subject to hydrolysis) is 1. The zero-order chi connectivity index (χ0) is 16.3. The minimum Gasteiger partial charge on any atom is -0.439 e. The number of rotatable bonds is 5. The van der Waals surface area contributed by atoms with Crippen molar-refractivity contribution >= 4 is 21.8 Å². The Labute approximate surface area is 134 Å². The van der Waals surface area contributed by atoms with Crippen LogP contribution in [0, 0.1) is 0 Å². The number of hydrogen-bond donors (Lipinski definition) is 2. The van der Waals surface area contributed by atoms with Crippen molar-refractivity contribution in [3.05, 3.63) is 65.7 Å². The number of anilines is 1. The molecular weight excluding hydrogens is 316 g/mol. The van der Waals surface area contributed by atoms with Gasteiger partial charge in [0.15, 0.2) is 0 Å². The molecule has 3 rings (SSSR count). The van der Waals surface area contributed by atoms with Gasteiger partial charge in [-0.25, -0.2) is 13.2 Å². The van der Waals surface area contributed by atoms with Gasteiger partial charge in [0.05, 0.1) is 12.3 Å². The molecule has 23 heavy (non-hydrogen) atoms. The van der Waals surface area contributed by atoms with Gasteiger partial charge in [0, 0.05) is 5.69 Å². The van der Waals surface area contributed by atoms with Gasteiger partial charge in [0.2, 0.25) is 10.0 Å². The van der Waals surface area contributed by atoms with Crippen molar-refractivity contribution in [1.29, 1.82) is 0 Å². The van der Waals surface area contributed by atoms with Gasteiger partial charge in [0.1, 0.15) is 6.10 Å². The largest absolute Gasteiger partial charge is 0.439 e. The summed E-state index contributed by atoms with van der Waals surface area (Å²) in [5, 5.41) is 2.58. The van der Waals surface area contributed by atoms with Crippen LogP contribution >= 0.6 is 0 Å². The lowest BCUT2D eigenvalue weighted by molar-refractivity contribution is 0.141. The number of hydrogen-bond acceptors (Lipinski definition) is 4. The normalized spacial score (nSPS) is 17.4. The quantitative estimate of drug-likeness (QED) is 0.880. The maximum absolute atomic E-state index is 12.2. The number of amides is 1. The predicted octanol–water partition coefficient (Wildman–Crippen LogP) is 2.41. The van der Waals surface area contributed by atoms with Gasteiger partial charge >= 0.3 is 6.09 Å². The SMILES string of the molecule is O=C1NCC(c2ccc(NS(=O)(=O)Cc3ccccc3)cc2)O1. The van der Waals surface area contributed by atoms with Gasteiger partial charge in [-0.2, -0.15) is 0 Å². The van der Waals surface area contributed by atoms with Crippen LogP contribution in [0.15, 0.2) is 54.6 Å². The highest BCUT2D eigenvalue weighted by molar-refractivity contribution is 7.91. The Hall–Kier alpha value is -2.54. The molecule has 0 bridgehead atoms.